The predicted octanol–water partition coefficient (Wildman–Crippen LogP) is 5.57. The number of aryl methyl sites for hydroxylation is 1. The van der Waals surface area contributed by atoms with Gasteiger partial charge < -0.3 is 9.47 Å². The largest absolute Gasteiger partial charge is 0.495 e. The van der Waals surface area contributed by atoms with Crippen molar-refractivity contribution in [3.8, 4) is 11.5 Å². The minimum absolute atomic E-state index is 0.116. The van der Waals surface area contributed by atoms with E-state index < -0.39 is 0 Å². The molecule has 2 nitrogen and oxygen atoms in total. The van der Waals surface area contributed by atoms with Crippen LogP contribution in [0.15, 0.2) is 28.7 Å². The maximum Gasteiger partial charge on any atom is 0.141 e. The molecule has 0 saturated carbocycles. The zero-order valence-corrected chi connectivity index (χ0v) is 15.6. The summed E-state index contributed by atoms with van der Waals surface area (Å²) >= 11 is 9.14. The Morgan fingerprint density at radius 3 is 2.45 bits per heavy atom. The number of benzene rings is 1. The van der Waals surface area contributed by atoms with E-state index in [9.17, 15) is 0 Å². The summed E-state index contributed by atoms with van der Waals surface area (Å²) in [5.41, 5.74) is 1.09. The number of hydrogen-bond donors (Lipinski definition) is 0. The fraction of sp³-hybridized carbons (Fsp3) is 0.333. The molecule has 108 valence electrons. The van der Waals surface area contributed by atoms with Gasteiger partial charge in [0.2, 0.25) is 0 Å². The molecular weight excluding hydrogens is 404 g/mol. The number of alkyl halides is 1. The van der Waals surface area contributed by atoms with Crippen LogP contribution in [0.25, 0.3) is 0 Å². The van der Waals surface area contributed by atoms with E-state index in [1.807, 2.05) is 23.5 Å². The van der Waals surface area contributed by atoms with Gasteiger partial charge in [-0.3, -0.25) is 0 Å². The Kier molecular flexibility index (Phi) is 5.52. The van der Waals surface area contributed by atoms with E-state index in [2.05, 4.69) is 50.9 Å². The summed E-state index contributed by atoms with van der Waals surface area (Å²) < 4.78 is 11.7. The molecule has 0 bridgehead atoms. The van der Waals surface area contributed by atoms with Gasteiger partial charge in [-0.05, 0) is 40.5 Å². The number of thiophene rings is 1. The van der Waals surface area contributed by atoms with Crippen LogP contribution in [0.2, 0.25) is 0 Å². The van der Waals surface area contributed by atoms with E-state index >= 15 is 0 Å². The Morgan fingerprint density at radius 2 is 1.90 bits per heavy atom. The van der Waals surface area contributed by atoms with Crippen molar-refractivity contribution in [2.75, 3.05) is 14.2 Å². The Hall–Kier alpha value is -0.520. The average molecular weight is 420 g/mol. The molecule has 0 aliphatic rings. The molecule has 0 amide bonds. The number of methoxy groups -OCH3 is 2. The lowest BCUT2D eigenvalue weighted by molar-refractivity contribution is 0.387. The monoisotopic (exact) mass is 418 g/mol. The van der Waals surface area contributed by atoms with Crippen LogP contribution >= 0.6 is 43.2 Å². The average Bonchev–Trinajstić information content (AvgIpc) is 2.95. The molecule has 0 aliphatic heterocycles. The maximum atomic E-state index is 5.54. The van der Waals surface area contributed by atoms with E-state index in [0.717, 1.165) is 28.0 Å². The molecule has 5 heteroatoms. The summed E-state index contributed by atoms with van der Waals surface area (Å²) in [6, 6.07) is 8.33. The van der Waals surface area contributed by atoms with Crippen molar-refractivity contribution < 1.29 is 9.47 Å². The second-order valence-electron chi connectivity index (χ2n) is 4.22. The summed E-state index contributed by atoms with van der Waals surface area (Å²) in [5, 5.41) is 0. The molecular formula is C15H16Br2O2S. The van der Waals surface area contributed by atoms with Crippen molar-refractivity contribution in [1.82, 2.24) is 0 Å². The fourth-order valence-corrected chi connectivity index (χ4v) is 4.42. The van der Waals surface area contributed by atoms with Crippen LogP contribution in [-0.4, -0.2) is 14.2 Å². The Balaban J connectivity index is 2.43. The molecule has 0 spiro atoms. The fourth-order valence-electron chi connectivity index (χ4n) is 1.99. The molecule has 0 saturated heterocycles. The molecule has 1 aromatic carbocycles. The standard InChI is InChI=1S/C15H16Br2O2S/c1-4-9-5-8-12(20-9)13(16)10-6-7-11(18-2)14(17)15(10)19-3/h5-8,13H,4H2,1-3H3. The molecule has 0 N–H and O–H groups in total. The first-order valence-electron chi connectivity index (χ1n) is 6.25. The van der Waals surface area contributed by atoms with Crippen LogP contribution in [-0.2, 0) is 6.42 Å². The van der Waals surface area contributed by atoms with E-state index in [1.54, 1.807) is 14.2 Å². The van der Waals surface area contributed by atoms with Crippen molar-refractivity contribution in [3.05, 3.63) is 44.1 Å². The minimum Gasteiger partial charge on any atom is -0.495 e. The highest BCUT2D eigenvalue weighted by Crippen LogP contribution is 2.45. The number of ether oxygens (including phenoxy) is 2. The van der Waals surface area contributed by atoms with Gasteiger partial charge in [-0.15, -0.1) is 11.3 Å². The first-order chi connectivity index (χ1) is 9.62. The molecule has 1 atom stereocenters. The highest BCUT2D eigenvalue weighted by molar-refractivity contribution is 9.10. The summed E-state index contributed by atoms with van der Waals surface area (Å²) in [5.74, 6) is 1.57. The molecule has 1 heterocycles. The summed E-state index contributed by atoms with van der Waals surface area (Å²) in [4.78, 5) is 2.78. The quantitative estimate of drug-likeness (QED) is 0.589. The van der Waals surface area contributed by atoms with Gasteiger partial charge >= 0.3 is 0 Å². The minimum atomic E-state index is 0.116. The van der Waals surface area contributed by atoms with Crippen LogP contribution in [0.4, 0.5) is 0 Å². The van der Waals surface area contributed by atoms with E-state index in [1.165, 1.54) is 9.75 Å². The molecule has 0 radical (unpaired) electrons. The van der Waals surface area contributed by atoms with Gasteiger partial charge in [0.05, 0.1) is 19.0 Å². The third-order valence-electron chi connectivity index (χ3n) is 3.07. The lowest BCUT2D eigenvalue weighted by atomic mass is 10.1. The number of hydrogen-bond acceptors (Lipinski definition) is 3. The van der Waals surface area contributed by atoms with E-state index in [-0.39, 0.29) is 4.83 Å². The second kappa shape index (κ2) is 6.96. The van der Waals surface area contributed by atoms with Gasteiger partial charge in [-0.25, -0.2) is 0 Å². The lowest BCUT2D eigenvalue weighted by Crippen LogP contribution is -1.98. The molecule has 0 fully saturated rings. The van der Waals surface area contributed by atoms with Gasteiger partial charge in [-0.2, -0.15) is 0 Å². The third-order valence-corrected chi connectivity index (χ3v) is 6.40. The molecule has 2 aromatic rings. The zero-order chi connectivity index (χ0) is 14.7. The highest BCUT2D eigenvalue weighted by atomic mass is 79.9. The van der Waals surface area contributed by atoms with Gasteiger partial charge in [0.1, 0.15) is 16.0 Å². The van der Waals surface area contributed by atoms with Gasteiger partial charge in [0.25, 0.3) is 0 Å². The van der Waals surface area contributed by atoms with Crippen LogP contribution in [0.3, 0.4) is 0 Å². The van der Waals surface area contributed by atoms with Crippen LogP contribution in [0.1, 0.15) is 27.1 Å². The molecule has 2 rings (SSSR count). The van der Waals surface area contributed by atoms with Gasteiger partial charge in [0, 0.05) is 15.3 Å². The normalized spacial score (nSPS) is 12.2. The van der Waals surface area contributed by atoms with Crippen molar-refractivity contribution in [2.45, 2.75) is 18.2 Å². The van der Waals surface area contributed by atoms with Crippen molar-refractivity contribution in [2.24, 2.45) is 0 Å². The lowest BCUT2D eigenvalue weighted by Gasteiger charge is -2.16. The summed E-state index contributed by atoms with van der Waals surface area (Å²) in [7, 11) is 3.33. The van der Waals surface area contributed by atoms with E-state index in [4.69, 9.17) is 9.47 Å². The van der Waals surface area contributed by atoms with Crippen molar-refractivity contribution in [3.63, 3.8) is 0 Å². The van der Waals surface area contributed by atoms with Crippen LogP contribution in [0.5, 0.6) is 11.5 Å². The smallest absolute Gasteiger partial charge is 0.141 e. The maximum absolute atomic E-state index is 5.54. The first kappa shape index (κ1) is 15.9. The summed E-state index contributed by atoms with van der Waals surface area (Å²) in [6.45, 7) is 2.17. The predicted molar refractivity (Wildman–Crippen MR) is 91.7 cm³/mol. The van der Waals surface area contributed by atoms with Gasteiger partial charge in [-0.1, -0.05) is 28.9 Å². The summed E-state index contributed by atoms with van der Waals surface area (Å²) in [6.07, 6.45) is 1.06. The number of halogens is 2. The topological polar surface area (TPSA) is 18.5 Å². The van der Waals surface area contributed by atoms with Gasteiger partial charge in [0.15, 0.2) is 0 Å². The third kappa shape index (κ3) is 3.05. The van der Waals surface area contributed by atoms with Crippen molar-refractivity contribution >= 4 is 43.2 Å². The van der Waals surface area contributed by atoms with E-state index in [0.29, 0.717) is 0 Å². The Bertz CT molecular complexity index is 596. The molecule has 20 heavy (non-hydrogen) atoms. The zero-order valence-electron chi connectivity index (χ0n) is 11.6. The molecule has 0 aliphatic carbocycles. The Morgan fingerprint density at radius 1 is 1.15 bits per heavy atom. The first-order valence-corrected chi connectivity index (χ1v) is 8.77. The molecule has 1 aromatic heterocycles. The highest BCUT2D eigenvalue weighted by Gasteiger charge is 2.21. The Labute approximate surface area is 140 Å². The number of rotatable bonds is 5. The molecule has 1 unspecified atom stereocenters. The SMILES string of the molecule is CCc1ccc(C(Br)c2ccc(OC)c(Br)c2OC)s1. The van der Waals surface area contributed by atoms with Crippen molar-refractivity contribution in [1.29, 1.82) is 0 Å². The van der Waals surface area contributed by atoms with Crippen LogP contribution < -0.4 is 9.47 Å². The van der Waals surface area contributed by atoms with Crippen LogP contribution in [0, 0.1) is 0 Å². The second-order valence-corrected chi connectivity index (χ2v) is 7.13.